The zero-order valence-corrected chi connectivity index (χ0v) is 25.4. The van der Waals surface area contributed by atoms with E-state index in [1.807, 2.05) is 12.1 Å². The van der Waals surface area contributed by atoms with Crippen molar-refractivity contribution in [1.29, 1.82) is 5.41 Å². The monoisotopic (exact) mass is 610 g/mol. The van der Waals surface area contributed by atoms with Gasteiger partial charge in [-0.15, -0.1) is 0 Å². The molecule has 3 aromatic rings. The van der Waals surface area contributed by atoms with Gasteiger partial charge in [-0.05, 0) is 63.2 Å². The first-order valence-electron chi connectivity index (χ1n) is 12.3. The summed E-state index contributed by atoms with van der Waals surface area (Å²) in [6.07, 6.45) is 0. The standard InChI is InChI=1S/C26H34ClFN8O2S.H2S/c1-16(2)36(13-14-37)12-11-31-26-23(17(3)29)24(30)32-25(33-26)18-5-8-20(9-6-18)34-38-39-35(4)22-15-19(27)7-10-21(22)28;/h5-10,15-16,29,34,37H,11-14H2,1-4H3,(H3,30,31,32,33);1H2. The van der Waals surface area contributed by atoms with Crippen LogP contribution in [0.25, 0.3) is 11.4 Å². The van der Waals surface area contributed by atoms with Gasteiger partial charge in [-0.3, -0.25) is 14.7 Å². The van der Waals surface area contributed by atoms with Gasteiger partial charge in [0.1, 0.15) is 29.7 Å². The van der Waals surface area contributed by atoms with Crippen molar-refractivity contribution in [2.45, 2.75) is 26.8 Å². The van der Waals surface area contributed by atoms with Crippen LogP contribution in [0.3, 0.4) is 0 Å². The predicted molar refractivity (Wildman–Crippen MR) is 169 cm³/mol. The average molecular weight is 611 g/mol. The van der Waals surface area contributed by atoms with Gasteiger partial charge in [0.15, 0.2) is 5.82 Å². The lowest BCUT2D eigenvalue weighted by Gasteiger charge is -2.26. The van der Waals surface area contributed by atoms with Gasteiger partial charge in [0.2, 0.25) is 0 Å². The minimum Gasteiger partial charge on any atom is -0.395 e. The molecule has 0 spiro atoms. The fourth-order valence-electron chi connectivity index (χ4n) is 3.76. The van der Waals surface area contributed by atoms with Crippen LogP contribution >= 0.6 is 37.3 Å². The maximum Gasteiger partial charge on any atom is 0.163 e. The van der Waals surface area contributed by atoms with Crippen molar-refractivity contribution in [2.75, 3.05) is 54.1 Å². The lowest BCUT2D eigenvalue weighted by Crippen LogP contribution is -2.37. The number of hydrogen-bond donors (Lipinski definition) is 5. The van der Waals surface area contributed by atoms with Gasteiger partial charge in [0.05, 0.1) is 23.5 Å². The van der Waals surface area contributed by atoms with Crippen LogP contribution in [0.15, 0.2) is 42.5 Å². The smallest absolute Gasteiger partial charge is 0.163 e. The van der Waals surface area contributed by atoms with E-state index in [1.165, 1.54) is 22.5 Å². The number of halogens is 2. The fraction of sp³-hybridized carbons (Fsp3) is 0.346. The number of nitrogens with one attached hydrogen (secondary N) is 3. The van der Waals surface area contributed by atoms with Crippen LogP contribution in [-0.4, -0.2) is 65.0 Å². The van der Waals surface area contributed by atoms with E-state index in [0.29, 0.717) is 47.6 Å². The molecule has 0 aliphatic heterocycles. The van der Waals surface area contributed by atoms with Gasteiger partial charge in [0.25, 0.3) is 0 Å². The highest BCUT2D eigenvalue weighted by atomic mass is 35.5. The molecule has 14 heteroatoms. The minimum absolute atomic E-state index is 0. The summed E-state index contributed by atoms with van der Waals surface area (Å²) in [4.78, 5) is 11.2. The highest BCUT2D eigenvalue weighted by Gasteiger charge is 2.17. The van der Waals surface area contributed by atoms with Gasteiger partial charge < -0.3 is 21.6 Å². The molecule has 0 saturated carbocycles. The van der Waals surface area contributed by atoms with E-state index in [2.05, 4.69) is 39.5 Å². The second-order valence-corrected chi connectivity index (χ2v) is 10.3. The van der Waals surface area contributed by atoms with E-state index in [9.17, 15) is 9.50 Å². The topological polar surface area (TPSA) is 136 Å². The van der Waals surface area contributed by atoms with Crippen LogP contribution in [0.2, 0.25) is 5.02 Å². The molecule has 0 bridgehead atoms. The van der Waals surface area contributed by atoms with Gasteiger partial charge in [0, 0.05) is 49.0 Å². The maximum absolute atomic E-state index is 14.0. The molecule has 10 nitrogen and oxygen atoms in total. The molecule has 0 aliphatic carbocycles. The summed E-state index contributed by atoms with van der Waals surface area (Å²) in [5.41, 5.74) is 11.4. The van der Waals surface area contributed by atoms with Crippen molar-refractivity contribution in [3.8, 4) is 11.4 Å². The lowest BCUT2D eigenvalue weighted by molar-refractivity contribution is 0.171. The first-order valence-corrected chi connectivity index (χ1v) is 13.4. The number of aliphatic hydroxyl groups is 1. The van der Waals surface area contributed by atoms with Gasteiger partial charge in [-0.2, -0.15) is 17.8 Å². The van der Waals surface area contributed by atoms with Crippen molar-refractivity contribution < 1.29 is 13.8 Å². The van der Waals surface area contributed by atoms with Crippen molar-refractivity contribution in [2.24, 2.45) is 0 Å². The van der Waals surface area contributed by atoms with E-state index in [4.69, 9.17) is 27.0 Å². The van der Waals surface area contributed by atoms with Crippen LogP contribution in [0.5, 0.6) is 0 Å². The first-order chi connectivity index (χ1) is 18.6. The number of anilines is 4. The number of rotatable bonds is 14. The van der Waals surface area contributed by atoms with Gasteiger partial charge in [-0.1, -0.05) is 11.6 Å². The van der Waals surface area contributed by atoms with Gasteiger partial charge in [-0.25, -0.2) is 14.4 Å². The number of nitrogens with two attached hydrogens (primary N) is 1. The molecule has 0 radical (unpaired) electrons. The van der Waals surface area contributed by atoms with Crippen molar-refractivity contribution in [3.05, 3.63) is 58.9 Å². The normalized spacial score (nSPS) is 10.9. The summed E-state index contributed by atoms with van der Waals surface area (Å²) in [5.74, 6) is 0.691. The van der Waals surface area contributed by atoms with Gasteiger partial charge >= 0.3 is 0 Å². The number of benzene rings is 2. The Morgan fingerprint density at radius 2 is 1.90 bits per heavy atom. The molecule has 0 unspecified atom stereocenters. The summed E-state index contributed by atoms with van der Waals surface area (Å²) in [7, 11) is 1.66. The highest BCUT2D eigenvalue weighted by Crippen LogP contribution is 2.29. The summed E-state index contributed by atoms with van der Waals surface area (Å²) in [5, 5.41) is 21.2. The summed E-state index contributed by atoms with van der Waals surface area (Å²) >= 11 is 6.86. The number of nitrogens with zero attached hydrogens (tertiary/aromatic N) is 4. The van der Waals surface area contributed by atoms with Crippen LogP contribution < -0.4 is 20.8 Å². The molecule has 0 fully saturated rings. The van der Waals surface area contributed by atoms with E-state index < -0.39 is 5.82 Å². The molecule has 218 valence electrons. The SMILES string of the molecule is CC(=N)c1c(N)nc(-c2ccc(NOSN(C)c3cc(Cl)ccc3F)cc2)nc1NCCN(CCO)C(C)C.S. The highest BCUT2D eigenvalue weighted by molar-refractivity contribution is 7.96. The Balaban J connectivity index is 0.00000560. The minimum atomic E-state index is -0.415. The average Bonchev–Trinajstić information content (AvgIpc) is 2.89. The fourth-order valence-corrected chi connectivity index (χ4v) is 4.39. The third-order valence-corrected chi connectivity index (χ3v) is 6.63. The molecule has 0 amide bonds. The molecule has 0 saturated heterocycles. The molecule has 40 heavy (non-hydrogen) atoms. The summed E-state index contributed by atoms with van der Waals surface area (Å²) in [6, 6.07) is 11.8. The van der Waals surface area contributed by atoms with Crippen molar-refractivity contribution >= 4 is 66.0 Å². The predicted octanol–water partition coefficient (Wildman–Crippen LogP) is 5.18. The summed E-state index contributed by atoms with van der Waals surface area (Å²) < 4.78 is 21.0. The molecule has 0 atom stereocenters. The van der Waals surface area contributed by atoms with Crippen LogP contribution in [0, 0.1) is 11.2 Å². The van der Waals surface area contributed by atoms with E-state index in [-0.39, 0.29) is 43.4 Å². The quantitative estimate of drug-likeness (QED) is 0.0719. The number of hydrogen-bond acceptors (Lipinski definition) is 11. The first kappa shape index (κ1) is 33.4. The maximum atomic E-state index is 14.0. The summed E-state index contributed by atoms with van der Waals surface area (Å²) in [6.45, 7) is 7.68. The zero-order valence-electron chi connectivity index (χ0n) is 22.8. The lowest BCUT2D eigenvalue weighted by atomic mass is 10.1. The zero-order chi connectivity index (χ0) is 28.5. The molecule has 0 aliphatic rings. The van der Waals surface area contributed by atoms with Crippen LogP contribution in [0.1, 0.15) is 26.3 Å². The molecule has 6 N–H and O–H groups in total. The molecule has 1 aromatic heterocycles. The molecular formula is C26H36ClFN8O2S2. The number of aromatic nitrogens is 2. The molecule has 2 aromatic carbocycles. The molecule has 1 heterocycles. The Labute approximate surface area is 250 Å². The second kappa shape index (κ2) is 15.8. The third-order valence-electron chi connectivity index (χ3n) is 5.82. The third kappa shape index (κ3) is 9.11. The van der Waals surface area contributed by atoms with Crippen molar-refractivity contribution in [1.82, 2.24) is 14.9 Å². The Bertz CT molecular complexity index is 1270. The molecular weight excluding hydrogens is 575 g/mol. The van der Waals surface area contributed by atoms with E-state index in [1.54, 1.807) is 26.1 Å². The van der Waals surface area contributed by atoms with Crippen molar-refractivity contribution in [3.63, 3.8) is 0 Å². The largest absolute Gasteiger partial charge is 0.395 e. The Hall–Kier alpha value is -2.81. The van der Waals surface area contributed by atoms with Crippen LogP contribution in [-0.2, 0) is 4.28 Å². The number of aliphatic hydroxyl groups excluding tert-OH is 1. The molecule has 3 rings (SSSR count). The Morgan fingerprint density at radius 3 is 2.52 bits per heavy atom. The number of nitrogen functional groups attached to an aromatic ring is 1. The van der Waals surface area contributed by atoms with Crippen LogP contribution in [0.4, 0.5) is 27.4 Å². The Kier molecular flexibility index (Phi) is 13.2. The van der Waals surface area contributed by atoms with E-state index >= 15 is 0 Å². The van der Waals surface area contributed by atoms with E-state index in [0.717, 1.165) is 17.8 Å². The Morgan fingerprint density at radius 1 is 1.20 bits per heavy atom. The second-order valence-electron chi connectivity index (χ2n) is 8.99.